The summed E-state index contributed by atoms with van der Waals surface area (Å²) in [6.45, 7) is 4.01. The first kappa shape index (κ1) is 14.4. The molecular formula is C15H21ClN2O. The molecule has 0 saturated carbocycles. The first-order valence-corrected chi connectivity index (χ1v) is 6.84. The van der Waals surface area contributed by atoms with Gasteiger partial charge >= 0.3 is 0 Å². The van der Waals surface area contributed by atoms with Crippen molar-refractivity contribution in [1.82, 2.24) is 10.6 Å². The minimum atomic E-state index is 0. The first-order chi connectivity index (χ1) is 8.75. The van der Waals surface area contributed by atoms with Gasteiger partial charge in [-0.05, 0) is 43.0 Å². The van der Waals surface area contributed by atoms with Crippen LogP contribution in [0.1, 0.15) is 30.5 Å². The zero-order valence-electron chi connectivity index (χ0n) is 11.2. The van der Waals surface area contributed by atoms with Crippen molar-refractivity contribution in [3.8, 4) is 0 Å². The number of nitrogens with one attached hydrogen (secondary N) is 2. The van der Waals surface area contributed by atoms with Crippen molar-refractivity contribution >= 4 is 18.3 Å². The van der Waals surface area contributed by atoms with Gasteiger partial charge in [0.1, 0.15) is 0 Å². The van der Waals surface area contributed by atoms with E-state index in [1.165, 1.54) is 11.1 Å². The van der Waals surface area contributed by atoms with Crippen LogP contribution in [0, 0.1) is 11.8 Å². The molecule has 1 aliphatic carbocycles. The Labute approximate surface area is 120 Å². The molecule has 1 fully saturated rings. The van der Waals surface area contributed by atoms with Crippen LogP contribution in [0.2, 0.25) is 0 Å². The molecule has 0 bridgehead atoms. The lowest BCUT2D eigenvalue weighted by Crippen LogP contribution is -2.49. The molecule has 3 nitrogen and oxygen atoms in total. The second kappa shape index (κ2) is 5.93. The number of carbonyl (C=O) groups excluding carboxylic acids is 1. The number of carbonyl (C=O) groups is 1. The Balaban J connectivity index is 0.00000133. The summed E-state index contributed by atoms with van der Waals surface area (Å²) in [6.07, 6.45) is 2.13. The molecular weight excluding hydrogens is 260 g/mol. The molecule has 2 aliphatic rings. The molecule has 1 aliphatic heterocycles. The van der Waals surface area contributed by atoms with Crippen LogP contribution in [0.5, 0.6) is 0 Å². The molecule has 0 spiro atoms. The van der Waals surface area contributed by atoms with E-state index in [4.69, 9.17) is 0 Å². The van der Waals surface area contributed by atoms with E-state index < -0.39 is 0 Å². The SMILES string of the molecule is CC(C(=O)NC1CCc2ccccc21)C1CNC1.Cl. The summed E-state index contributed by atoms with van der Waals surface area (Å²) in [4.78, 5) is 12.2. The third-order valence-corrected chi connectivity index (χ3v) is 4.38. The fraction of sp³-hybridized carbons (Fsp3) is 0.533. The molecule has 1 heterocycles. The average molecular weight is 281 g/mol. The van der Waals surface area contributed by atoms with Crippen LogP contribution in [0.3, 0.4) is 0 Å². The van der Waals surface area contributed by atoms with Gasteiger partial charge in [-0.15, -0.1) is 12.4 Å². The highest BCUT2D eigenvalue weighted by Crippen LogP contribution is 2.31. The van der Waals surface area contributed by atoms with E-state index in [0.717, 1.165) is 25.9 Å². The van der Waals surface area contributed by atoms with Crippen LogP contribution >= 0.6 is 12.4 Å². The van der Waals surface area contributed by atoms with Crippen LogP contribution < -0.4 is 10.6 Å². The smallest absolute Gasteiger partial charge is 0.223 e. The fourth-order valence-corrected chi connectivity index (χ4v) is 2.89. The van der Waals surface area contributed by atoms with Crippen molar-refractivity contribution in [2.24, 2.45) is 11.8 Å². The van der Waals surface area contributed by atoms with Crippen LogP contribution in [0.4, 0.5) is 0 Å². The van der Waals surface area contributed by atoms with Crippen molar-refractivity contribution < 1.29 is 4.79 Å². The number of hydrogen-bond donors (Lipinski definition) is 2. The van der Waals surface area contributed by atoms with E-state index in [2.05, 4.69) is 34.9 Å². The third kappa shape index (κ3) is 2.77. The molecule has 104 valence electrons. The number of fused-ring (bicyclic) bond motifs is 1. The highest BCUT2D eigenvalue weighted by atomic mass is 35.5. The highest BCUT2D eigenvalue weighted by molar-refractivity contribution is 5.85. The van der Waals surface area contributed by atoms with Gasteiger partial charge in [0.15, 0.2) is 0 Å². The molecule has 4 heteroatoms. The summed E-state index contributed by atoms with van der Waals surface area (Å²) >= 11 is 0. The summed E-state index contributed by atoms with van der Waals surface area (Å²) in [7, 11) is 0. The summed E-state index contributed by atoms with van der Waals surface area (Å²) in [6, 6.07) is 8.67. The molecule has 2 N–H and O–H groups in total. The van der Waals surface area contributed by atoms with Gasteiger partial charge in [-0.25, -0.2) is 0 Å². The summed E-state index contributed by atoms with van der Waals surface area (Å²) in [5, 5.41) is 6.44. The molecule has 1 amide bonds. The standard InChI is InChI=1S/C15H20N2O.ClH/c1-10(12-8-16-9-12)15(18)17-14-7-6-11-4-2-3-5-13(11)14;/h2-5,10,12,14,16H,6-9H2,1H3,(H,17,18);1H. The van der Waals surface area contributed by atoms with E-state index in [0.29, 0.717) is 5.92 Å². The second-order valence-electron chi connectivity index (χ2n) is 5.51. The average Bonchev–Trinajstić information content (AvgIpc) is 2.70. The number of benzene rings is 1. The maximum Gasteiger partial charge on any atom is 0.223 e. The number of rotatable bonds is 3. The largest absolute Gasteiger partial charge is 0.349 e. The van der Waals surface area contributed by atoms with Gasteiger partial charge in [0, 0.05) is 5.92 Å². The van der Waals surface area contributed by atoms with Crippen LogP contribution in [-0.4, -0.2) is 19.0 Å². The van der Waals surface area contributed by atoms with Crippen molar-refractivity contribution in [2.75, 3.05) is 13.1 Å². The lowest BCUT2D eigenvalue weighted by molar-refractivity contribution is -0.127. The quantitative estimate of drug-likeness (QED) is 0.890. The zero-order chi connectivity index (χ0) is 12.5. The van der Waals surface area contributed by atoms with Gasteiger partial charge in [0.25, 0.3) is 0 Å². The van der Waals surface area contributed by atoms with Crippen molar-refractivity contribution in [1.29, 1.82) is 0 Å². The van der Waals surface area contributed by atoms with E-state index in [9.17, 15) is 4.79 Å². The second-order valence-corrected chi connectivity index (χ2v) is 5.51. The third-order valence-electron chi connectivity index (χ3n) is 4.38. The van der Waals surface area contributed by atoms with Gasteiger partial charge in [0.05, 0.1) is 6.04 Å². The summed E-state index contributed by atoms with van der Waals surface area (Å²) in [5.41, 5.74) is 2.70. The van der Waals surface area contributed by atoms with Gasteiger partial charge in [-0.2, -0.15) is 0 Å². The lowest BCUT2D eigenvalue weighted by Gasteiger charge is -2.32. The Hall–Kier alpha value is -1.06. The molecule has 2 unspecified atom stereocenters. The highest BCUT2D eigenvalue weighted by Gasteiger charge is 2.31. The predicted molar refractivity (Wildman–Crippen MR) is 78.4 cm³/mol. The minimum Gasteiger partial charge on any atom is -0.349 e. The van der Waals surface area contributed by atoms with E-state index in [1.54, 1.807) is 0 Å². The number of halogens is 1. The maximum absolute atomic E-state index is 12.2. The van der Waals surface area contributed by atoms with Gasteiger partial charge < -0.3 is 10.6 Å². The van der Waals surface area contributed by atoms with Gasteiger partial charge in [0.2, 0.25) is 5.91 Å². The Kier molecular flexibility index (Phi) is 4.48. The predicted octanol–water partition coefficient (Wildman–Crippen LogP) is 2.07. The molecule has 1 aromatic carbocycles. The maximum atomic E-state index is 12.2. The first-order valence-electron chi connectivity index (χ1n) is 6.84. The van der Waals surface area contributed by atoms with E-state index in [1.807, 2.05) is 6.92 Å². The van der Waals surface area contributed by atoms with E-state index >= 15 is 0 Å². The van der Waals surface area contributed by atoms with Crippen LogP contribution in [0.25, 0.3) is 0 Å². The van der Waals surface area contributed by atoms with E-state index in [-0.39, 0.29) is 30.3 Å². The minimum absolute atomic E-state index is 0. The van der Waals surface area contributed by atoms with Crippen LogP contribution in [-0.2, 0) is 11.2 Å². The lowest BCUT2D eigenvalue weighted by atomic mass is 9.88. The molecule has 3 rings (SSSR count). The molecule has 0 aromatic heterocycles. The zero-order valence-corrected chi connectivity index (χ0v) is 12.0. The number of hydrogen-bond acceptors (Lipinski definition) is 2. The molecule has 2 atom stereocenters. The van der Waals surface area contributed by atoms with Crippen molar-refractivity contribution in [3.63, 3.8) is 0 Å². The topological polar surface area (TPSA) is 41.1 Å². The van der Waals surface area contributed by atoms with Crippen molar-refractivity contribution in [3.05, 3.63) is 35.4 Å². The summed E-state index contributed by atoms with van der Waals surface area (Å²) < 4.78 is 0. The van der Waals surface area contributed by atoms with Gasteiger partial charge in [-0.3, -0.25) is 4.79 Å². The summed E-state index contributed by atoms with van der Waals surface area (Å²) in [5.74, 6) is 0.851. The van der Waals surface area contributed by atoms with Gasteiger partial charge in [-0.1, -0.05) is 31.2 Å². The Morgan fingerprint density at radius 2 is 2.11 bits per heavy atom. The Morgan fingerprint density at radius 3 is 2.79 bits per heavy atom. The normalized spacial score (nSPS) is 22.9. The molecule has 19 heavy (non-hydrogen) atoms. The molecule has 1 aromatic rings. The fourth-order valence-electron chi connectivity index (χ4n) is 2.89. The molecule has 1 saturated heterocycles. The number of amides is 1. The number of aryl methyl sites for hydroxylation is 1. The Bertz CT molecular complexity index is 459. The monoisotopic (exact) mass is 280 g/mol. The van der Waals surface area contributed by atoms with Crippen LogP contribution in [0.15, 0.2) is 24.3 Å². The molecule has 0 radical (unpaired) electrons. The van der Waals surface area contributed by atoms with Crippen molar-refractivity contribution in [2.45, 2.75) is 25.8 Å². The Morgan fingerprint density at radius 1 is 1.37 bits per heavy atom.